The molecule has 108 valence electrons. The highest BCUT2D eigenvalue weighted by Gasteiger charge is 2.22. The molecule has 0 bridgehead atoms. The Morgan fingerprint density at radius 2 is 1.68 bits per heavy atom. The smallest absolute Gasteiger partial charge is 0.0360 e. The van der Waals surface area contributed by atoms with Gasteiger partial charge in [0.1, 0.15) is 0 Å². The van der Waals surface area contributed by atoms with Gasteiger partial charge in [0.25, 0.3) is 0 Å². The van der Waals surface area contributed by atoms with E-state index in [1.807, 2.05) is 0 Å². The Balaban J connectivity index is 3.12. The molecule has 0 saturated carbocycles. The van der Waals surface area contributed by atoms with Gasteiger partial charge in [-0.2, -0.15) is 0 Å². The number of benzene rings is 1. The summed E-state index contributed by atoms with van der Waals surface area (Å²) in [5.41, 5.74) is 2.65. The first-order valence-corrected chi connectivity index (χ1v) is 8.82. The molecule has 1 atom stereocenters. The van der Waals surface area contributed by atoms with Crippen LogP contribution in [-0.2, 0) is 0 Å². The van der Waals surface area contributed by atoms with Crippen molar-refractivity contribution in [2.75, 3.05) is 6.54 Å². The second-order valence-corrected chi connectivity index (χ2v) is 6.84. The van der Waals surface area contributed by atoms with Crippen LogP contribution >= 0.6 is 31.9 Å². The van der Waals surface area contributed by atoms with Crippen LogP contribution in [0.15, 0.2) is 21.1 Å². The Bertz CT molecular complexity index is 400. The molecule has 1 rings (SSSR count). The van der Waals surface area contributed by atoms with Gasteiger partial charge in [-0.25, -0.2) is 0 Å². The van der Waals surface area contributed by atoms with E-state index in [1.165, 1.54) is 39.3 Å². The predicted octanol–water partition coefficient (Wildman–Crippen LogP) is 6.00. The van der Waals surface area contributed by atoms with Crippen molar-refractivity contribution in [3.63, 3.8) is 0 Å². The SMILES string of the molecule is CCCNC(c1cc(Br)c(C)cc1Br)C(CC)CC. The van der Waals surface area contributed by atoms with Gasteiger partial charge in [0.05, 0.1) is 0 Å². The maximum absolute atomic E-state index is 3.74. The quantitative estimate of drug-likeness (QED) is 0.602. The fraction of sp³-hybridized carbons (Fsp3) is 0.625. The van der Waals surface area contributed by atoms with E-state index in [0.717, 1.165) is 6.54 Å². The van der Waals surface area contributed by atoms with E-state index in [4.69, 9.17) is 0 Å². The van der Waals surface area contributed by atoms with Crippen molar-refractivity contribution in [2.45, 2.75) is 53.0 Å². The van der Waals surface area contributed by atoms with Crippen molar-refractivity contribution in [2.24, 2.45) is 5.92 Å². The number of hydrogen-bond donors (Lipinski definition) is 1. The first-order valence-electron chi connectivity index (χ1n) is 7.23. The van der Waals surface area contributed by atoms with Gasteiger partial charge >= 0.3 is 0 Å². The predicted molar refractivity (Wildman–Crippen MR) is 91.7 cm³/mol. The summed E-state index contributed by atoms with van der Waals surface area (Å²) in [6, 6.07) is 4.91. The van der Waals surface area contributed by atoms with Crippen LogP contribution in [0.2, 0.25) is 0 Å². The van der Waals surface area contributed by atoms with Crippen molar-refractivity contribution in [3.05, 3.63) is 32.2 Å². The molecule has 0 aliphatic carbocycles. The van der Waals surface area contributed by atoms with Crippen molar-refractivity contribution in [3.8, 4) is 0 Å². The van der Waals surface area contributed by atoms with Crippen LogP contribution in [0, 0.1) is 12.8 Å². The summed E-state index contributed by atoms with van der Waals surface area (Å²) >= 11 is 7.40. The van der Waals surface area contributed by atoms with E-state index < -0.39 is 0 Å². The summed E-state index contributed by atoms with van der Waals surface area (Å²) in [4.78, 5) is 0. The summed E-state index contributed by atoms with van der Waals surface area (Å²) in [6.07, 6.45) is 3.58. The second kappa shape index (κ2) is 8.43. The molecule has 0 fully saturated rings. The Morgan fingerprint density at radius 3 is 2.21 bits per heavy atom. The lowest BCUT2D eigenvalue weighted by molar-refractivity contribution is 0.340. The van der Waals surface area contributed by atoms with E-state index in [2.05, 4.69) is 77.0 Å². The number of halogens is 2. The Labute approximate surface area is 134 Å². The average molecular weight is 391 g/mol. The molecular formula is C16H25Br2N. The molecule has 0 aliphatic rings. The maximum Gasteiger partial charge on any atom is 0.0360 e. The van der Waals surface area contributed by atoms with Crippen LogP contribution in [0.5, 0.6) is 0 Å². The lowest BCUT2D eigenvalue weighted by atomic mass is 9.88. The summed E-state index contributed by atoms with van der Waals surface area (Å²) < 4.78 is 2.41. The van der Waals surface area contributed by atoms with Crippen LogP contribution in [0.25, 0.3) is 0 Å². The molecule has 0 spiro atoms. The van der Waals surface area contributed by atoms with Gasteiger partial charge in [0.15, 0.2) is 0 Å². The summed E-state index contributed by atoms with van der Waals surface area (Å²) in [5, 5.41) is 3.72. The molecule has 1 N–H and O–H groups in total. The Kier molecular flexibility index (Phi) is 7.63. The molecule has 0 radical (unpaired) electrons. The van der Waals surface area contributed by atoms with Gasteiger partial charge in [0, 0.05) is 15.0 Å². The van der Waals surface area contributed by atoms with Gasteiger partial charge in [-0.3, -0.25) is 0 Å². The molecule has 0 amide bonds. The Hall–Kier alpha value is 0.140. The zero-order valence-corrected chi connectivity index (χ0v) is 15.6. The summed E-state index contributed by atoms with van der Waals surface area (Å²) in [7, 11) is 0. The molecule has 1 nitrogen and oxygen atoms in total. The first kappa shape index (κ1) is 17.2. The molecule has 0 heterocycles. The van der Waals surface area contributed by atoms with Gasteiger partial charge in [0.2, 0.25) is 0 Å². The molecule has 1 unspecified atom stereocenters. The minimum atomic E-state index is 0.432. The number of nitrogens with one attached hydrogen (secondary N) is 1. The van der Waals surface area contributed by atoms with E-state index in [-0.39, 0.29) is 0 Å². The minimum absolute atomic E-state index is 0.432. The molecule has 3 heteroatoms. The van der Waals surface area contributed by atoms with Gasteiger partial charge in [-0.05, 0) is 49.1 Å². The van der Waals surface area contributed by atoms with Crippen LogP contribution in [0.1, 0.15) is 57.2 Å². The first-order chi connectivity index (χ1) is 9.04. The maximum atomic E-state index is 3.74. The number of aryl methyl sites for hydroxylation is 1. The standard InChI is InChI=1S/C16H25Br2N/c1-5-8-19-16(12(6-2)7-3)13-10-14(17)11(4)9-15(13)18/h9-10,12,16,19H,5-8H2,1-4H3. The molecule has 1 aromatic carbocycles. The highest BCUT2D eigenvalue weighted by Crippen LogP contribution is 2.35. The molecule has 0 aromatic heterocycles. The lowest BCUT2D eigenvalue weighted by Gasteiger charge is -2.28. The van der Waals surface area contributed by atoms with Crippen LogP contribution in [-0.4, -0.2) is 6.54 Å². The third-order valence-corrected chi connectivity index (χ3v) is 5.29. The van der Waals surface area contributed by atoms with Crippen LogP contribution in [0.4, 0.5) is 0 Å². The third kappa shape index (κ3) is 4.57. The molecule has 1 aromatic rings. The molecule has 0 saturated heterocycles. The van der Waals surface area contributed by atoms with Gasteiger partial charge in [-0.15, -0.1) is 0 Å². The van der Waals surface area contributed by atoms with Crippen molar-refractivity contribution < 1.29 is 0 Å². The average Bonchev–Trinajstić information content (AvgIpc) is 2.39. The lowest BCUT2D eigenvalue weighted by Crippen LogP contribution is -2.29. The topological polar surface area (TPSA) is 12.0 Å². The molecular weight excluding hydrogens is 366 g/mol. The van der Waals surface area contributed by atoms with Crippen LogP contribution in [0.3, 0.4) is 0 Å². The fourth-order valence-corrected chi connectivity index (χ4v) is 3.56. The largest absolute Gasteiger partial charge is 0.310 e. The summed E-state index contributed by atoms with van der Waals surface area (Å²) in [5.74, 6) is 0.678. The van der Waals surface area contributed by atoms with E-state index in [1.54, 1.807) is 0 Å². The van der Waals surface area contributed by atoms with E-state index in [9.17, 15) is 0 Å². The normalized spacial score (nSPS) is 13.0. The van der Waals surface area contributed by atoms with Crippen molar-refractivity contribution >= 4 is 31.9 Å². The van der Waals surface area contributed by atoms with Crippen molar-refractivity contribution in [1.29, 1.82) is 0 Å². The van der Waals surface area contributed by atoms with Crippen molar-refractivity contribution in [1.82, 2.24) is 5.32 Å². The number of rotatable bonds is 7. The van der Waals surface area contributed by atoms with Gasteiger partial charge < -0.3 is 5.32 Å². The van der Waals surface area contributed by atoms with E-state index in [0.29, 0.717) is 12.0 Å². The fourth-order valence-electron chi connectivity index (χ4n) is 2.49. The second-order valence-electron chi connectivity index (χ2n) is 5.13. The molecule has 0 aliphatic heterocycles. The zero-order chi connectivity index (χ0) is 14.4. The highest BCUT2D eigenvalue weighted by atomic mass is 79.9. The zero-order valence-electron chi connectivity index (χ0n) is 12.4. The van der Waals surface area contributed by atoms with Crippen LogP contribution < -0.4 is 5.32 Å². The monoisotopic (exact) mass is 389 g/mol. The third-order valence-electron chi connectivity index (χ3n) is 3.75. The molecule has 19 heavy (non-hydrogen) atoms. The Morgan fingerprint density at radius 1 is 1.05 bits per heavy atom. The summed E-state index contributed by atoms with van der Waals surface area (Å²) in [6.45, 7) is 9.98. The van der Waals surface area contributed by atoms with E-state index >= 15 is 0 Å². The van der Waals surface area contributed by atoms with Gasteiger partial charge in [-0.1, -0.05) is 65.5 Å². The number of hydrogen-bond acceptors (Lipinski definition) is 1. The minimum Gasteiger partial charge on any atom is -0.310 e. The highest BCUT2D eigenvalue weighted by molar-refractivity contribution is 9.11.